The molecule has 0 bridgehead atoms. The molecule has 0 aromatic heterocycles. The monoisotopic (exact) mass is 222 g/mol. The number of hydrogen-bond donors (Lipinski definition) is 0. The van der Waals surface area contributed by atoms with Gasteiger partial charge in [0, 0.05) is 4.91 Å². The summed E-state index contributed by atoms with van der Waals surface area (Å²) >= 11 is 0. The lowest BCUT2D eigenvalue weighted by molar-refractivity contribution is 0.600. The van der Waals surface area contributed by atoms with E-state index in [1.807, 2.05) is 19.1 Å². The Labute approximate surface area is 90.6 Å². The van der Waals surface area contributed by atoms with E-state index in [4.69, 9.17) is 0 Å². The Kier molecular flexibility index (Phi) is 2.65. The molecular formula is C12H14O2S. The number of allylic oxidation sites excluding steroid dienone is 2. The van der Waals surface area contributed by atoms with Gasteiger partial charge in [0.15, 0.2) is 0 Å². The summed E-state index contributed by atoms with van der Waals surface area (Å²) in [7, 11) is -3.21. The van der Waals surface area contributed by atoms with E-state index in [2.05, 4.69) is 0 Å². The van der Waals surface area contributed by atoms with Crippen LogP contribution >= 0.6 is 0 Å². The maximum atomic E-state index is 12.1. The highest BCUT2D eigenvalue weighted by Gasteiger charge is 2.24. The van der Waals surface area contributed by atoms with E-state index in [-0.39, 0.29) is 0 Å². The third-order valence-corrected chi connectivity index (χ3v) is 4.64. The minimum atomic E-state index is -3.21. The fourth-order valence-electron chi connectivity index (χ4n) is 1.83. The smallest absolute Gasteiger partial charge is 0.202 e. The molecule has 1 aliphatic carbocycles. The van der Waals surface area contributed by atoms with E-state index in [1.54, 1.807) is 24.3 Å². The van der Waals surface area contributed by atoms with Crippen LogP contribution in [0.2, 0.25) is 0 Å². The quantitative estimate of drug-likeness (QED) is 0.771. The molecule has 0 saturated carbocycles. The number of rotatable bonds is 2. The van der Waals surface area contributed by atoms with Crippen molar-refractivity contribution in [2.75, 3.05) is 0 Å². The summed E-state index contributed by atoms with van der Waals surface area (Å²) < 4.78 is 24.2. The maximum Gasteiger partial charge on any atom is 0.202 e. The predicted octanol–water partition coefficient (Wildman–Crippen LogP) is 2.77. The first-order chi connectivity index (χ1) is 7.10. The number of benzene rings is 1. The van der Waals surface area contributed by atoms with Crippen molar-refractivity contribution in [1.82, 2.24) is 0 Å². The van der Waals surface area contributed by atoms with Gasteiger partial charge >= 0.3 is 0 Å². The van der Waals surface area contributed by atoms with Gasteiger partial charge in [-0.25, -0.2) is 8.42 Å². The molecule has 15 heavy (non-hydrogen) atoms. The molecule has 2 nitrogen and oxygen atoms in total. The zero-order valence-electron chi connectivity index (χ0n) is 8.68. The van der Waals surface area contributed by atoms with Gasteiger partial charge in [0.05, 0.1) is 4.90 Å². The first-order valence-electron chi connectivity index (χ1n) is 5.11. The highest BCUT2D eigenvalue weighted by atomic mass is 32.2. The third-order valence-electron chi connectivity index (χ3n) is 2.72. The molecule has 3 heteroatoms. The van der Waals surface area contributed by atoms with Crippen LogP contribution in [0.4, 0.5) is 0 Å². The summed E-state index contributed by atoms with van der Waals surface area (Å²) in [6.45, 7) is 2.05. The van der Waals surface area contributed by atoms with Crippen molar-refractivity contribution in [3.63, 3.8) is 0 Å². The summed E-state index contributed by atoms with van der Waals surface area (Å²) in [5.41, 5.74) is 0. The van der Waals surface area contributed by atoms with Gasteiger partial charge < -0.3 is 0 Å². The van der Waals surface area contributed by atoms with E-state index < -0.39 is 9.84 Å². The molecule has 80 valence electrons. The van der Waals surface area contributed by atoms with Gasteiger partial charge in [-0.2, -0.15) is 0 Å². The highest BCUT2D eigenvalue weighted by Crippen LogP contribution is 2.31. The second-order valence-electron chi connectivity index (χ2n) is 3.97. The van der Waals surface area contributed by atoms with Gasteiger partial charge in [-0.1, -0.05) is 31.2 Å². The Hall–Kier alpha value is -1.09. The molecule has 1 atom stereocenters. The lowest BCUT2D eigenvalue weighted by Gasteiger charge is -2.03. The number of hydrogen-bond acceptors (Lipinski definition) is 2. The summed E-state index contributed by atoms with van der Waals surface area (Å²) in [6.07, 6.45) is 3.50. The standard InChI is InChI=1S/C12H14O2S/c1-10-7-8-12(9-10)15(13,14)11-5-3-2-4-6-11/h2-6,9-10H,7-8H2,1H3/t10-/m1/s1. The Morgan fingerprint density at radius 2 is 1.87 bits per heavy atom. The SMILES string of the molecule is C[C@H]1C=C(S(=O)(=O)c2ccccc2)CC1. The van der Waals surface area contributed by atoms with Crippen molar-refractivity contribution in [2.45, 2.75) is 24.7 Å². The van der Waals surface area contributed by atoms with Crippen LogP contribution in [0.25, 0.3) is 0 Å². The van der Waals surface area contributed by atoms with E-state index in [0.717, 1.165) is 6.42 Å². The Morgan fingerprint density at radius 1 is 1.20 bits per heavy atom. The topological polar surface area (TPSA) is 34.1 Å². The lowest BCUT2D eigenvalue weighted by atomic mass is 10.2. The van der Waals surface area contributed by atoms with Crippen LogP contribution in [0.1, 0.15) is 19.8 Å². The van der Waals surface area contributed by atoms with Crippen molar-refractivity contribution in [1.29, 1.82) is 0 Å². The zero-order valence-corrected chi connectivity index (χ0v) is 9.50. The Morgan fingerprint density at radius 3 is 2.40 bits per heavy atom. The first kappa shape index (κ1) is 10.4. The van der Waals surface area contributed by atoms with Crippen LogP contribution in [0.5, 0.6) is 0 Å². The van der Waals surface area contributed by atoms with E-state index >= 15 is 0 Å². The van der Waals surface area contributed by atoms with Crippen LogP contribution in [0, 0.1) is 5.92 Å². The summed E-state index contributed by atoms with van der Waals surface area (Å²) in [6, 6.07) is 8.64. The first-order valence-corrected chi connectivity index (χ1v) is 6.60. The van der Waals surface area contributed by atoms with Crippen molar-refractivity contribution in [3.8, 4) is 0 Å². The van der Waals surface area contributed by atoms with Gasteiger partial charge in [0.25, 0.3) is 0 Å². The molecule has 1 aromatic rings. The molecule has 0 spiro atoms. The van der Waals surface area contributed by atoms with Gasteiger partial charge in [0.1, 0.15) is 0 Å². The van der Waals surface area contributed by atoms with E-state index in [9.17, 15) is 8.42 Å². The second-order valence-corrected chi connectivity index (χ2v) is 5.97. The minimum Gasteiger partial charge on any atom is -0.219 e. The van der Waals surface area contributed by atoms with Gasteiger partial charge in [-0.3, -0.25) is 0 Å². The molecule has 0 unspecified atom stereocenters. The van der Waals surface area contributed by atoms with Crippen LogP contribution in [-0.4, -0.2) is 8.42 Å². The van der Waals surface area contributed by atoms with Crippen molar-refractivity contribution < 1.29 is 8.42 Å². The van der Waals surface area contributed by atoms with Gasteiger partial charge in [0.2, 0.25) is 9.84 Å². The lowest BCUT2D eigenvalue weighted by Crippen LogP contribution is -2.02. The summed E-state index contributed by atoms with van der Waals surface area (Å²) in [5, 5.41) is 0. The van der Waals surface area contributed by atoms with Crippen LogP contribution in [-0.2, 0) is 9.84 Å². The molecule has 0 aliphatic heterocycles. The van der Waals surface area contributed by atoms with E-state index in [0.29, 0.717) is 22.1 Å². The summed E-state index contributed by atoms with van der Waals surface area (Å²) in [5.74, 6) is 0.387. The Bertz CT molecular complexity index is 472. The molecule has 2 rings (SSSR count). The van der Waals surface area contributed by atoms with Gasteiger partial charge in [-0.15, -0.1) is 0 Å². The average molecular weight is 222 g/mol. The van der Waals surface area contributed by atoms with Crippen molar-refractivity contribution in [3.05, 3.63) is 41.3 Å². The van der Waals surface area contributed by atoms with Gasteiger partial charge in [-0.05, 0) is 30.9 Å². The fourth-order valence-corrected chi connectivity index (χ4v) is 3.45. The highest BCUT2D eigenvalue weighted by molar-refractivity contribution is 7.95. The molecular weight excluding hydrogens is 208 g/mol. The second kappa shape index (κ2) is 3.81. The predicted molar refractivity (Wildman–Crippen MR) is 60.1 cm³/mol. The van der Waals surface area contributed by atoms with Crippen LogP contribution < -0.4 is 0 Å². The maximum absolute atomic E-state index is 12.1. The molecule has 1 aromatic carbocycles. The molecule has 0 amide bonds. The van der Waals surface area contributed by atoms with E-state index in [1.165, 1.54) is 0 Å². The normalized spacial score (nSPS) is 21.4. The molecule has 0 heterocycles. The third kappa shape index (κ3) is 1.97. The molecule has 1 aliphatic rings. The molecule has 0 saturated heterocycles. The molecule has 0 fully saturated rings. The van der Waals surface area contributed by atoms with Crippen molar-refractivity contribution in [2.24, 2.45) is 5.92 Å². The number of sulfone groups is 1. The zero-order chi connectivity index (χ0) is 10.9. The van der Waals surface area contributed by atoms with Crippen LogP contribution in [0.3, 0.4) is 0 Å². The fraction of sp³-hybridized carbons (Fsp3) is 0.333. The van der Waals surface area contributed by atoms with Crippen LogP contribution in [0.15, 0.2) is 46.2 Å². The molecule has 0 N–H and O–H groups in total. The largest absolute Gasteiger partial charge is 0.219 e. The minimum absolute atomic E-state index is 0.387. The average Bonchev–Trinajstić information content (AvgIpc) is 2.67. The Balaban J connectivity index is 2.41. The summed E-state index contributed by atoms with van der Waals surface area (Å²) in [4.78, 5) is 0.992. The molecule has 0 radical (unpaired) electrons. The van der Waals surface area contributed by atoms with Crippen molar-refractivity contribution >= 4 is 9.84 Å².